The van der Waals surface area contributed by atoms with Gasteiger partial charge < -0.3 is 0 Å². The molecule has 11 rings (SSSR count). The highest BCUT2D eigenvalue weighted by molar-refractivity contribution is 6.25. The standard InChI is InChI=1S/C54H30F4/c55-38-20-17-31(18-21-38)32-19-22-41-37(23-32)28-48-47(46-24-33-9-1-3-11-39(33)42-13-5-7-15-44(42)46)26-35(36-29-51(56)54(58)52(57)30-36)27-50(48)53(41)49-25-34-10-2-4-12-40(34)43-14-6-8-16-45(43)49/h1-30H. The van der Waals surface area contributed by atoms with E-state index in [1.807, 2.05) is 60.7 Å². The predicted octanol–water partition coefficient (Wildman–Crippen LogP) is 15.8. The number of rotatable bonds is 4. The van der Waals surface area contributed by atoms with Gasteiger partial charge in [0, 0.05) is 0 Å². The van der Waals surface area contributed by atoms with Crippen LogP contribution in [0.2, 0.25) is 0 Å². The monoisotopic (exact) mass is 754 g/mol. The topological polar surface area (TPSA) is 0 Å². The van der Waals surface area contributed by atoms with Gasteiger partial charge in [0.2, 0.25) is 0 Å². The molecule has 0 radical (unpaired) electrons. The fraction of sp³-hybridized carbons (Fsp3) is 0. The minimum absolute atomic E-state index is 0.228. The van der Waals surface area contributed by atoms with E-state index < -0.39 is 17.5 Å². The van der Waals surface area contributed by atoms with E-state index in [0.29, 0.717) is 5.56 Å². The largest absolute Gasteiger partial charge is 0.207 e. The summed E-state index contributed by atoms with van der Waals surface area (Å²) in [6.45, 7) is 0. The van der Waals surface area contributed by atoms with E-state index in [1.54, 1.807) is 12.1 Å². The van der Waals surface area contributed by atoms with Gasteiger partial charge in [0.15, 0.2) is 17.5 Å². The van der Waals surface area contributed by atoms with Gasteiger partial charge in [-0.15, -0.1) is 0 Å². The summed E-state index contributed by atoms with van der Waals surface area (Å²) in [5.41, 5.74) is 6.37. The zero-order chi connectivity index (χ0) is 39.1. The Bertz CT molecular complexity index is 3470. The molecule has 0 amide bonds. The Morgan fingerprint density at radius 1 is 0.259 bits per heavy atom. The number of fused-ring (bicyclic) bond motifs is 8. The Balaban J connectivity index is 1.35. The second-order valence-corrected chi connectivity index (χ2v) is 14.9. The van der Waals surface area contributed by atoms with Crippen LogP contribution in [0, 0.1) is 23.3 Å². The minimum Gasteiger partial charge on any atom is -0.207 e. The quantitative estimate of drug-likeness (QED) is 0.0726. The molecule has 0 aliphatic carbocycles. The molecule has 0 aliphatic heterocycles. The van der Waals surface area contributed by atoms with E-state index in [9.17, 15) is 8.78 Å². The Hall–Kier alpha value is -7.30. The molecule has 0 bridgehead atoms. The van der Waals surface area contributed by atoms with Crippen LogP contribution in [0.3, 0.4) is 0 Å². The molecule has 0 saturated heterocycles. The molecule has 0 fully saturated rings. The zero-order valence-electron chi connectivity index (χ0n) is 30.8. The van der Waals surface area contributed by atoms with E-state index >= 15 is 8.78 Å². The third-order valence-electron chi connectivity index (χ3n) is 11.7. The number of benzene rings is 11. The summed E-state index contributed by atoms with van der Waals surface area (Å²) in [5, 5.41) is 12.4. The van der Waals surface area contributed by atoms with Crippen LogP contribution in [0.4, 0.5) is 17.6 Å². The lowest BCUT2D eigenvalue weighted by Gasteiger charge is -2.21. The summed E-state index contributed by atoms with van der Waals surface area (Å²) in [7, 11) is 0. The number of hydrogen-bond donors (Lipinski definition) is 0. The van der Waals surface area contributed by atoms with Crippen LogP contribution in [-0.4, -0.2) is 0 Å². The van der Waals surface area contributed by atoms with Crippen LogP contribution in [-0.2, 0) is 0 Å². The summed E-state index contributed by atoms with van der Waals surface area (Å²) in [6.07, 6.45) is 0. The lowest BCUT2D eigenvalue weighted by atomic mass is 9.82. The van der Waals surface area contributed by atoms with Crippen molar-refractivity contribution in [3.63, 3.8) is 0 Å². The van der Waals surface area contributed by atoms with Crippen molar-refractivity contribution >= 4 is 64.6 Å². The van der Waals surface area contributed by atoms with Crippen molar-refractivity contribution < 1.29 is 17.6 Å². The molecule has 0 nitrogen and oxygen atoms in total. The molecule has 11 aromatic carbocycles. The van der Waals surface area contributed by atoms with Gasteiger partial charge in [-0.05, 0) is 170 Å². The lowest BCUT2D eigenvalue weighted by molar-refractivity contribution is 0.448. The van der Waals surface area contributed by atoms with Crippen molar-refractivity contribution in [3.8, 4) is 44.5 Å². The zero-order valence-corrected chi connectivity index (χ0v) is 30.8. The Labute approximate surface area is 330 Å². The van der Waals surface area contributed by atoms with Gasteiger partial charge in [-0.1, -0.05) is 121 Å². The highest BCUT2D eigenvalue weighted by Crippen LogP contribution is 2.48. The SMILES string of the molecule is Fc1ccc(-c2ccc3c(-c4cc5ccccc5c5ccccc45)c4cc(-c5cc(F)c(F)c(F)c5)cc(-c5cc6ccccc6c6ccccc56)c4cc3c2)cc1. The summed E-state index contributed by atoms with van der Waals surface area (Å²) >= 11 is 0. The molecule has 58 heavy (non-hydrogen) atoms. The first kappa shape index (κ1) is 34.0. The molecule has 274 valence electrons. The van der Waals surface area contributed by atoms with Gasteiger partial charge in [0.1, 0.15) is 5.82 Å². The predicted molar refractivity (Wildman–Crippen MR) is 233 cm³/mol. The van der Waals surface area contributed by atoms with Gasteiger partial charge in [0.05, 0.1) is 0 Å². The summed E-state index contributed by atoms with van der Waals surface area (Å²) in [5.74, 6) is -4.30. The molecule has 0 spiro atoms. The molecular weight excluding hydrogens is 725 g/mol. The molecule has 0 aromatic heterocycles. The Kier molecular flexibility index (Phi) is 7.70. The van der Waals surface area contributed by atoms with Gasteiger partial charge in [-0.2, -0.15) is 0 Å². The maximum absolute atomic E-state index is 15.1. The third-order valence-corrected chi connectivity index (χ3v) is 11.7. The number of hydrogen-bond acceptors (Lipinski definition) is 0. The normalized spacial score (nSPS) is 11.8. The van der Waals surface area contributed by atoms with Crippen LogP contribution in [0.25, 0.3) is 109 Å². The molecule has 0 saturated carbocycles. The first-order chi connectivity index (χ1) is 28.4. The molecule has 0 N–H and O–H groups in total. The molecule has 0 heterocycles. The summed E-state index contributed by atoms with van der Waals surface area (Å²) < 4.78 is 58.7. The van der Waals surface area contributed by atoms with Gasteiger partial charge in [-0.3, -0.25) is 0 Å². The average Bonchev–Trinajstić information content (AvgIpc) is 3.26. The summed E-state index contributed by atoms with van der Waals surface area (Å²) in [4.78, 5) is 0. The third kappa shape index (κ3) is 5.37. The fourth-order valence-corrected chi connectivity index (χ4v) is 8.99. The van der Waals surface area contributed by atoms with Crippen molar-refractivity contribution in [2.75, 3.05) is 0 Å². The van der Waals surface area contributed by atoms with Gasteiger partial charge in [0.25, 0.3) is 0 Å². The first-order valence-corrected chi connectivity index (χ1v) is 19.2. The molecule has 0 atom stereocenters. The van der Waals surface area contributed by atoms with Crippen molar-refractivity contribution in [3.05, 3.63) is 205 Å². The van der Waals surface area contributed by atoms with Crippen LogP contribution in [0.5, 0.6) is 0 Å². The maximum Gasteiger partial charge on any atom is 0.194 e. The van der Waals surface area contributed by atoms with Crippen molar-refractivity contribution in [2.45, 2.75) is 0 Å². The highest BCUT2D eigenvalue weighted by atomic mass is 19.2. The first-order valence-electron chi connectivity index (χ1n) is 19.2. The van der Waals surface area contributed by atoms with Crippen LogP contribution >= 0.6 is 0 Å². The molecule has 4 heteroatoms. The van der Waals surface area contributed by atoms with Crippen LogP contribution in [0.15, 0.2) is 182 Å². The molecular formula is C54H30F4. The second kappa shape index (κ2) is 13.1. The maximum atomic E-state index is 15.1. The van der Waals surface area contributed by atoms with Crippen molar-refractivity contribution in [1.29, 1.82) is 0 Å². The van der Waals surface area contributed by atoms with Crippen molar-refractivity contribution in [1.82, 2.24) is 0 Å². The smallest absolute Gasteiger partial charge is 0.194 e. The fourth-order valence-electron chi connectivity index (χ4n) is 8.99. The minimum atomic E-state index is -1.50. The van der Waals surface area contributed by atoms with E-state index in [4.69, 9.17) is 0 Å². The van der Waals surface area contributed by atoms with E-state index in [2.05, 4.69) is 84.9 Å². The molecule has 11 aromatic rings. The second-order valence-electron chi connectivity index (χ2n) is 14.9. The lowest BCUT2D eigenvalue weighted by Crippen LogP contribution is -1.95. The van der Waals surface area contributed by atoms with E-state index in [-0.39, 0.29) is 11.4 Å². The van der Waals surface area contributed by atoms with Crippen LogP contribution < -0.4 is 0 Å². The Morgan fingerprint density at radius 3 is 1.40 bits per heavy atom. The van der Waals surface area contributed by atoms with E-state index in [1.165, 1.54) is 12.1 Å². The highest BCUT2D eigenvalue weighted by Gasteiger charge is 2.21. The Morgan fingerprint density at radius 2 is 0.759 bits per heavy atom. The molecule has 0 unspecified atom stereocenters. The van der Waals surface area contributed by atoms with Gasteiger partial charge in [-0.25, -0.2) is 17.6 Å². The average molecular weight is 755 g/mol. The van der Waals surface area contributed by atoms with E-state index in [0.717, 1.165) is 110 Å². The summed E-state index contributed by atoms with van der Waals surface area (Å²) in [6, 6.07) is 58.8. The van der Waals surface area contributed by atoms with Crippen molar-refractivity contribution in [2.24, 2.45) is 0 Å². The molecule has 0 aliphatic rings. The number of halogens is 4. The van der Waals surface area contributed by atoms with Crippen LogP contribution in [0.1, 0.15) is 0 Å². The van der Waals surface area contributed by atoms with Gasteiger partial charge >= 0.3 is 0 Å².